The topological polar surface area (TPSA) is 88.7 Å². The molecule has 0 saturated heterocycles. The summed E-state index contributed by atoms with van der Waals surface area (Å²) in [6.07, 6.45) is 0. The SMILES string of the molecule is CC(C)COc1cccc(C(=O)NC(=S)NNC(=O)COc2ccc(Cl)cc2)c1. The zero-order valence-corrected chi connectivity index (χ0v) is 17.6. The average molecular weight is 436 g/mol. The number of nitrogens with one attached hydrogen (secondary N) is 3. The molecule has 0 spiro atoms. The average Bonchev–Trinajstić information content (AvgIpc) is 2.70. The number of hydrogen-bond donors (Lipinski definition) is 3. The van der Waals surface area contributed by atoms with E-state index in [9.17, 15) is 9.59 Å². The zero-order chi connectivity index (χ0) is 21.2. The number of carbonyl (C=O) groups is 2. The summed E-state index contributed by atoms with van der Waals surface area (Å²) in [5, 5.41) is 3.00. The molecule has 2 aromatic carbocycles. The van der Waals surface area contributed by atoms with Crippen molar-refractivity contribution in [3.05, 3.63) is 59.1 Å². The van der Waals surface area contributed by atoms with Crippen molar-refractivity contribution >= 4 is 40.7 Å². The molecular formula is C20H22ClN3O4S. The Bertz CT molecular complexity index is 859. The van der Waals surface area contributed by atoms with Gasteiger partial charge in [-0.25, -0.2) is 0 Å². The Morgan fingerprint density at radius 3 is 2.45 bits per heavy atom. The van der Waals surface area contributed by atoms with E-state index in [1.54, 1.807) is 48.5 Å². The van der Waals surface area contributed by atoms with Crippen LogP contribution in [0.2, 0.25) is 5.02 Å². The molecule has 0 fully saturated rings. The minimum absolute atomic E-state index is 0.0525. The number of amides is 2. The first-order valence-corrected chi connectivity index (χ1v) is 9.63. The second kappa shape index (κ2) is 11.2. The molecule has 7 nitrogen and oxygen atoms in total. The normalized spacial score (nSPS) is 10.2. The van der Waals surface area contributed by atoms with Crippen LogP contribution in [0, 0.1) is 5.92 Å². The van der Waals surface area contributed by atoms with Gasteiger partial charge in [-0.2, -0.15) is 0 Å². The lowest BCUT2D eigenvalue weighted by molar-refractivity contribution is -0.123. The van der Waals surface area contributed by atoms with Crippen LogP contribution in [0.1, 0.15) is 24.2 Å². The first kappa shape index (κ1) is 22.4. The molecule has 2 amide bonds. The maximum absolute atomic E-state index is 12.3. The Balaban J connectivity index is 1.75. The van der Waals surface area contributed by atoms with E-state index in [4.69, 9.17) is 33.3 Å². The van der Waals surface area contributed by atoms with E-state index >= 15 is 0 Å². The van der Waals surface area contributed by atoms with Gasteiger partial charge in [0.15, 0.2) is 11.7 Å². The Hall–Kier alpha value is -2.84. The summed E-state index contributed by atoms with van der Waals surface area (Å²) in [6.45, 7) is 4.39. The Kier molecular flexibility index (Phi) is 8.69. The number of benzene rings is 2. The standard InChI is InChI=1S/C20H22ClN3O4S/c1-13(2)11-27-17-5-3-4-14(10-17)19(26)22-20(29)24-23-18(25)12-28-16-8-6-15(21)7-9-16/h3-10,13H,11-12H2,1-2H3,(H,23,25)(H2,22,24,26,29). The number of carbonyl (C=O) groups excluding carboxylic acids is 2. The van der Waals surface area contributed by atoms with E-state index < -0.39 is 11.8 Å². The van der Waals surface area contributed by atoms with Crippen molar-refractivity contribution in [2.75, 3.05) is 13.2 Å². The summed E-state index contributed by atoms with van der Waals surface area (Å²) in [5.74, 6) is 0.569. The van der Waals surface area contributed by atoms with Gasteiger partial charge in [-0.05, 0) is 60.6 Å². The van der Waals surface area contributed by atoms with Gasteiger partial charge in [0.1, 0.15) is 11.5 Å². The molecule has 0 radical (unpaired) electrons. The number of thiocarbonyl (C=S) groups is 1. The summed E-state index contributed by atoms with van der Waals surface area (Å²) in [4.78, 5) is 24.1. The van der Waals surface area contributed by atoms with Crippen LogP contribution in [0.3, 0.4) is 0 Å². The second-order valence-corrected chi connectivity index (χ2v) is 7.28. The van der Waals surface area contributed by atoms with Crippen LogP contribution in [-0.2, 0) is 4.79 Å². The van der Waals surface area contributed by atoms with Gasteiger partial charge >= 0.3 is 0 Å². The van der Waals surface area contributed by atoms with Gasteiger partial charge in [-0.3, -0.25) is 25.8 Å². The molecular weight excluding hydrogens is 414 g/mol. The van der Waals surface area contributed by atoms with Crippen LogP contribution in [0.25, 0.3) is 0 Å². The number of rotatable bonds is 7. The Labute approximate surface area is 179 Å². The lowest BCUT2D eigenvalue weighted by Gasteiger charge is -2.12. The highest BCUT2D eigenvalue weighted by atomic mass is 35.5. The van der Waals surface area contributed by atoms with Crippen LogP contribution in [0.4, 0.5) is 0 Å². The van der Waals surface area contributed by atoms with Gasteiger partial charge in [0.2, 0.25) is 0 Å². The molecule has 0 aromatic heterocycles. The third kappa shape index (κ3) is 8.37. The van der Waals surface area contributed by atoms with E-state index in [0.29, 0.717) is 34.6 Å². The van der Waals surface area contributed by atoms with E-state index in [2.05, 4.69) is 16.2 Å². The lowest BCUT2D eigenvalue weighted by Crippen LogP contribution is -2.49. The summed E-state index contributed by atoms with van der Waals surface area (Å²) in [7, 11) is 0. The van der Waals surface area contributed by atoms with Gasteiger partial charge < -0.3 is 9.47 Å². The van der Waals surface area contributed by atoms with Crippen LogP contribution < -0.4 is 25.6 Å². The van der Waals surface area contributed by atoms with Crippen LogP contribution >= 0.6 is 23.8 Å². The number of halogens is 1. The van der Waals surface area contributed by atoms with Crippen LogP contribution in [-0.4, -0.2) is 30.1 Å². The fraction of sp³-hybridized carbons (Fsp3) is 0.250. The molecule has 3 N–H and O–H groups in total. The summed E-state index contributed by atoms with van der Waals surface area (Å²) < 4.78 is 10.9. The molecule has 154 valence electrons. The molecule has 0 atom stereocenters. The van der Waals surface area contributed by atoms with E-state index in [0.717, 1.165) is 0 Å². The fourth-order valence-corrected chi connectivity index (χ4v) is 2.31. The zero-order valence-electron chi connectivity index (χ0n) is 16.0. The monoisotopic (exact) mass is 435 g/mol. The molecule has 2 aromatic rings. The molecule has 0 aliphatic carbocycles. The predicted octanol–water partition coefficient (Wildman–Crippen LogP) is 3.09. The molecule has 0 bridgehead atoms. The molecule has 2 rings (SSSR count). The van der Waals surface area contributed by atoms with Gasteiger partial charge in [0, 0.05) is 10.6 Å². The lowest BCUT2D eigenvalue weighted by atomic mass is 10.2. The third-order valence-corrected chi connectivity index (χ3v) is 3.86. The quantitative estimate of drug-likeness (QED) is 0.457. The van der Waals surface area contributed by atoms with Gasteiger partial charge in [-0.1, -0.05) is 31.5 Å². The molecule has 9 heteroatoms. The van der Waals surface area contributed by atoms with Crippen molar-refractivity contribution in [3.8, 4) is 11.5 Å². The largest absolute Gasteiger partial charge is 0.493 e. The summed E-state index contributed by atoms with van der Waals surface area (Å²) in [5.41, 5.74) is 5.18. The molecule has 29 heavy (non-hydrogen) atoms. The maximum Gasteiger partial charge on any atom is 0.276 e. The van der Waals surface area contributed by atoms with Crippen molar-refractivity contribution in [1.82, 2.24) is 16.2 Å². The van der Waals surface area contributed by atoms with Crippen molar-refractivity contribution < 1.29 is 19.1 Å². The summed E-state index contributed by atoms with van der Waals surface area (Å²) in [6, 6.07) is 13.4. The fourth-order valence-electron chi connectivity index (χ4n) is 2.04. The highest BCUT2D eigenvalue weighted by Crippen LogP contribution is 2.15. The number of ether oxygens (including phenoxy) is 2. The van der Waals surface area contributed by atoms with Crippen molar-refractivity contribution in [1.29, 1.82) is 0 Å². The minimum Gasteiger partial charge on any atom is -0.493 e. The van der Waals surface area contributed by atoms with Crippen LogP contribution in [0.15, 0.2) is 48.5 Å². The highest BCUT2D eigenvalue weighted by Gasteiger charge is 2.10. The first-order chi connectivity index (χ1) is 13.8. The van der Waals surface area contributed by atoms with Gasteiger partial charge in [0.25, 0.3) is 11.8 Å². The minimum atomic E-state index is -0.472. The Morgan fingerprint density at radius 2 is 1.76 bits per heavy atom. The van der Waals surface area contributed by atoms with E-state index in [1.165, 1.54) is 0 Å². The first-order valence-electron chi connectivity index (χ1n) is 8.85. The molecule has 0 aliphatic heterocycles. The summed E-state index contributed by atoms with van der Waals surface area (Å²) >= 11 is 10.8. The maximum atomic E-state index is 12.3. The van der Waals surface area contributed by atoms with Crippen LogP contribution in [0.5, 0.6) is 11.5 Å². The van der Waals surface area contributed by atoms with Crippen molar-refractivity contribution in [3.63, 3.8) is 0 Å². The predicted molar refractivity (Wildman–Crippen MR) is 115 cm³/mol. The van der Waals surface area contributed by atoms with Crippen molar-refractivity contribution in [2.45, 2.75) is 13.8 Å². The number of hydrazine groups is 1. The molecule has 0 saturated carbocycles. The molecule has 0 aliphatic rings. The smallest absolute Gasteiger partial charge is 0.276 e. The third-order valence-electron chi connectivity index (χ3n) is 3.41. The Morgan fingerprint density at radius 1 is 1.03 bits per heavy atom. The van der Waals surface area contributed by atoms with E-state index in [1.807, 2.05) is 13.8 Å². The van der Waals surface area contributed by atoms with Crippen molar-refractivity contribution in [2.24, 2.45) is 5.92 Å². The molecule has 0 unspecified atom stereocenters. The number of hydrogen-bond acceptors (Lipinski definition) is 5. The van der Waals surface area contributed by atoms with Gasteiger partial charge in [0.05, 0.1) is 6.61 Å². The second-order valence-electron chi connectivity index (χ2n) is 6.43. The van der Waals surface area contributed by atoms with Gasteiger partial charge in [-0.15, -0.1) is 0 Å². The molecule has 0 heterocycles. The highest BCUT2D eigenvalue weighted by molar-refractivity contribution is 7.80. The van der Waals surface area contributed by atoms with E-state index in [-0.39, 0.29) is 11.7 Å².